The molecule has 0 N–H and O–H groups in total. The molecule has 0 aromatic heterocycles. The van der Waals surface area contributed by atoms with Crippen LogP contribution in [-0.2, 0) is 32.8 Å². The van der Waals surface area contributed by atoms with E-state index in [4.69, 9.17) is 18.1 Å². The third kappa shape index (κ3) is 7.41. The van der Waals surface area contributed by atoms with E-state index >= 15 is 0 Å². The Morgan fingerprint density at radius 1 is 0.472 bits per heavy atom. The van der Waals surface area contributed by atoms with Crippen LogP contribution >= 0.6 is 16.8 Å². The van der Waals surface area contributed by atoms with Gasteiger partial charge in [0.15, 0.2) is 0 Å². The zero-order chi connectivity index (χ0) is 38.1. The summed E-state index contributed by atoms with van der Waals surface area (Å²) in [7, 11) is -2.90. The van der Waals surface area contributed by atoms with Gasteiger partial charge in [-0.15, -0.1) is 0 Å². The zero-order valence-electron chi connectivity index (χ0n) is 33.5. The summed E-state index contributed by atoms with van der Waals surface area (Å²) in [6, 6.07) is 34.6. The molecule has 5 aromatic rings. The molecule has 53 heavy (non-hydrogen) atoms. The Kier molecular flexibility index (Phi) is 9.63. The Labute approximate surface area is 320 Å². The van der Waals surface area contributed by atoms with E-state index in [0.29, 0.717) is 6.61 Å². The molecule has 7 rings (SSSR count). The summed E-state index contributed by atoms with van der Waals surface area (Å²) in [6.07, 6.45) is 0. The predicted molar refractivity (Wildman–Crippen MR) is 225 cm³/mol. The topological polar surface area (TPSA) is 36.9 Å². The lowest BCUT2D eigenvalue weighted by Crippen LogP contribution is -2.23. The van der Waals surface area contributed by atoms with Crippen LogP contribution in [0.25, 0.3) is 22.3 Å². The Morgan fingerprint density at radius 3 is 1.40 bits per heavy atom. The van der Waals surface area contributed by atoms with Crippen molar-refractivity contribution in [3.8, 4) is 39.5 Å². The van der Waals surface area contributed by atoms with Gasteiger partial charge in [0, 0.05) is 27.8 Å². The largest absolute Gasteiger partial charge is 0.443 e. The molecular weight excluding hydrogens is 690 g/mol. The molecule has 0 bridgehead atoms. The van der Waals surface area contributed by atoms with E-state index in [-0.39, 0.29) is 21.7 Å². The minimum Gasteiger partial charge on any atom is -0.443 e. The predicted octanol–water partition coefficient (Wildman–Crippen LogP) is 13.2. The van der Waals surface area contributed by atoms with Crippen LogP contribution in [0.15, 0.2) is 97.1 Å². The minimum absolute atomic E-state index is 0.00221. The van der Waals surface area contributed by atoms with E-state index in [9.17, 15) is 0 Å². The highest BCUT2D eigenvalue weighted by Crippen LogP contribution is 2.56. The lowest BCUT2D eigenvalue weighted by molar-refractivity contribution is 0.304. The monoisotopic (exact) mass is 744 g/mol. The first kappa shape index (κ1) is 37.6. The molecule has 2 atom stereocenters. The van der Waals surface area contributed by atoms with Crippen molar-refractivity contribution in [2.24, 2.45) is 0 Å². The second kappa shape index (κ2) is 13.6. The van der Waals surface area contributed by atoms with Gasteiger partial charge >= 0.3 is 8.38 Å². The molecule has 2 unspecified atom stereocenters. The van der Waals surface area contributed by atoms with Gasteiger partial charge in [-0.1, -0.05) is 150 Å². The van der Waals surface area contributed by atoms with Crippen molar-refractivity contribution in [3.05, 3.63) is 125 Å². The van der Waals surface area contributed by atoms with Gasteiger partial charge in [-0.3, -0.25) is 0 Å². The van der Waals surface area contributed by atoms with Gasteiger partial charge < -0.3 is 18.1 Å². The maximum atomic E-state index is 6.98. The lowest BCUT2D eigenvalue weighted by Gasteiger charge is -2.35. The maximum Gasteiger partial charge on any atom is 0.326 e. The van der Waals surface area contributed by atoms with Gasteiger partial charge in [-0.2, -0.15) is 0 Å². The Bertz CT molecular complexity index is 2180. The molecule has 2 aliphatic rings. The van der Waals surface area contributed by atoms with Gasteiger partial charge in [-0.05, 0) is 74.2 Å². The standard InChI is InChI=1S/C47H54O4P2/c1-44(2,3)31-25-35-33-20-14-17-23-40(33)52(50-42(35)37(27-31)46(7,8)9)48-29-30-19-13-16-22-39(30)49-53-41-24-18-15-21-34(41)36-26-32(45(4,5)6)28-38(43(36)51-53)47(10,11)12/h13-28H,29H2,1-12H3. The fourth-order valence-electron chi connectivity index (χ4n) is 6.91. The first-order valence-corrected chi connectivity index (χ1v) is 21.1. The van der Waals surface area contributed by atoms with Crippen molar-refractivity contribution >= 4 is 27.4 Å². The first-order chi connectivity index (χ1) is 24.8. The second-order valence-electron chi connectivity index (χ2n) is 18.5. The van der Waals surface area contributed by atoms with Crippen LogP contribution < -0.4 is 24.2 Å². The van der Waals surface area contributed by atoms with Gasteiger partial charge in [0.25, 0.3) is 8.38 Å². The highest BCUT2D eigenvalue weighted by Gasteiger charge is 2.37. The minimum atomic E-state index is -1.48. The van der Waals surface area contributed by atoms with Crippen molar-refractivity contribution in [1.29, 1.82) is 0 Å². The molecule has 5 aromatic carbocycles. The van der Waals surface area contributed by atoms with Crippen LogP contribution in [0.3, 0.4) is 0 Å². The van der Waals surface area contributed by atoms with E-state index in [1.807, 2.05) is 18.2 Å². The molecule has 0 radical (unpaired) electrons. The molecule has 0 aliphatic carbocycles. The molecule has 0 saturated heterocycles. The third-order valence-electron chi connectivity index (χ3n) is 10.1. The maximum absolute atomic E-state index is 6.98. The Balaban J connectivity index is 1.21. The SMILES string of the molecule is CC(C)(C)c1cc2c(c(C(C)(C)C)c1)OP(OCc1ccccc1OP1Oc3c(cc(C(C)(C)C)cc3C(C)(C)C)-c3ccccc31)c1ccccc1-2. The van der Waals surface area contributed by atoms with Gasteiger partial charge in [0.1, 0.15) is 17.2 Å². The number of rotatable bonds is 5. The van der Waals surface area contributed by atoms with E-state index in [1.54, 1.807) is 0 Å². The van der Waals surface area contributed by atoms with Gasteiger partial charge in [-0.25, -0.2) is 0 Å². The van der Waals surface area contributed by atoms with Crippen LogP contribution in [0.1, 0.15) is 111 Å². The van der Waals surface area contributed by atoms with E-state index in [0.717, 1.165) is 44.5 Å². The summed E-state index contributed by atoms with van der Waals surface area (Å²) in [5.74, 6) is 2.60. The molecule has 0 spiro atoms. The summed E-state index contributed by atoms with van der Waals surface area (Å²) in [6.45, 7) is 27.5. The smallest absolute Gasteiger partial charge is 0.326 e. The molecule has 6 heteroatoms. The van der Waals surface area contributed by atoms with Crippen LogP contribution in [0.2, 0.25) is 0 Å². The summed E-state index contributed by atoms with van der Waals surface area (Å²) >= 11 is 0. The Hall–Kier alpha value is -3.68. The van der Waals surface area contributed by atoms with Crippen LogP contribution in [-0.4, -0.2) is 0 Å². The molecule has 0 saturated carbocycles. The highest BCUT2D eigenvalue weighted by atomic mass is 31.2. The van der Waals surface area contributed by atoms with Crippen molar-refractivity contribution in [2.45, 2.75) is 111 Å². The second-order valence-corrected chi connectivity index (χ2v) is 21.3. The molecule has 4 nitrogen and oxygen atoms in total. The number of para-hydroxylation sites is 1. The third-order valence-corrected chi connectivity index (χ3v) is 13.1. The van der Waals surface area contributed by atoms with Gasteiger partial charge in [0.2, 0.25) is 0 Å². The van der Waals surface area contributed by atoms with Crippen LogP contribution in [0.4, 0.5) is 0 Å². The number of benzene rings is 5. The van der Waals surface area contributed by atoms with Crippen LogP contribution in [0.5, 0.6) is 17.2 Å². The molecule has 2 heterocycles. The molecule has 276 valence electrons. The van der Waals surface area contributed by atoms with E-state index in [2.05, 4.69) is 162 Å². The van der Waals surface area contributed by atoms with Crippen LogP contribution in [0, 0.1) is 0 Å². The lowest BCUT2D eigenvalue weighted by atomic mass is 9.78. The van der Waals surface area contributed by atoms with Crippen molar-refractivity contribution in [3.63, 3.8) is 0 Å². The molecule has 2 aliphatic heterocycles. The number of hydrogen-bond acceptors (Lipinski definition) is 4. The van der Waals surface area contributed by atoms with Crippen molar-refractivity contribution in [2.75, 3.05) is 0 Å². The van der Waals surface area contributed by atoms with Crippen molar-refractivity contribution < 1.29 is 18.1 Å². The number of fused-ring (bicyclic) bond motifs is 6. The molecule has 0 fully saturated rings. The summed E-state index contributed by atoms with van der Waals surface area (Å²) in [5, 5.41) is 2.17. The fraction of sp³-hybridized carbons (Fsp3) is 0.362. The fourth-order valence-corrected chi connectivity index (χ4v) is 9.97. The van der Waals surface area contributed by atoms with Gasteiger partial charge in [0.05, 0.1) is 17.2 Å². The molecule has 0 amide bonds. The highest BCUT2D eigenvalue weighted by molar-refractivity contribution is 7.57. The first-order valence-electron chi connectivity index (χ1n) is 18.7. The summed E-state index contributed by atoms with van der Waals surface area (Å²) in [4.78, 5) is 0. The van der Waals surface area contributed by atoms with E-state index < -0.39 is 16.8 Å². The average molecular weight is 745 g/mol. The normalized spacial score (nSPS) is 16.8. The van der Waals surface area contributed by atoms with E-state index in [1.165, 1.54) is 33.4 Å². The average Bonchev–Trinajstić information content (AvgIpc) is 3.08. The molecular formula is C47H54O4P2. The Morgan fingerprint density at radius 2 is 0.906 bits per heavy atom. The quantitative estimate of drug-likeness (QED) is 0.168. The number of hydrogen-bond donors (Lipinski definition) is 0. The van der Waals surface area contributed by atoms with Crippen molar-refractivity contribution in [1.82, 2.24) is 0 Å². The summed E-state index contributed by atoms with van der Waals surface area (Å²) < 4.78 is 27.7. The zero-order valence-corrected chi connectivity index (χ0v) is 35.3. The summed E-state index contributed by atoms with van der Waals surface area (Å²) in [5.41, 5.74) is 10.4.